The number of nitrogens with one attached hydrogen (secondary N) is 1. The van der Waals surface area contributed by atoms with Crippen molar-refractivity contribution in [2.24, 2.45) is 5.10 Å². The molecule has 1 aliphatic carbocycles. The highest BCUT2D eigenvalue weighted by molar-refractivity contribution is 5.97. The Balaban J connectivity index is 1.68. The van der Waals surface area contributed by atoms with Gasteiger partial charge in [-0.15, -0.1) is 5.10 Å². The van der Waals surface area contributed by atoms with Gasteiger partial charge in [0.05, 0.1) is 5.56 Å². The van der Waals surface area contributed by atoms with Gasteiger partial charge in [0, 0.05) is 25.1 Å². The second-order valence-electron chi connectivity index (χ2n) is 8.07. The van der Waals surface area contributed by atoms with Gasteiger partial charge in [-0.25, -0.2) is 18.6 Å². The van der Waals surface area contributed by atoms with Crippen molar-refractivity contribution in [3.8, 4) is 0 Å². The van der Waals surface area contributed by atoms with Gasteiger partial charge >= 0.3 is 6.03 Å². The molecule has 2 aliphatic rings. The number of rotatable bonds is 7. The van der Waals surface area contributed by atoms with Crippen molar-refractivity contribution < 1.29 is 23.5 Å². The fraction of sp³-hybridized carbons (Fsp3) is 0.333. The number of urea groups is 1. The van der Waals surface area contributed by atoms with Crippen LogP contribution in [0.1, 0.15) is 36.8 Å². The lowest BCUT2D eigenvalue weighted by atomic mass is 9.96. The van der Waals surface area contributed by atoms with Crippen LogP contribution in [0.2, 0.25) is 0 Å². The Hall–Kier alpha value is -3.30. The van der Waals surface area contributed by atoms with E-state index < -0.39 is 23.4 Å². The summed E-state index contributed by atoms with van der Waals surface area (Å²) in [5.74, 6) is -1.64. The van der Waals surface area contributed by atoms with E-state index in [4.69, 9.17) is 4.74 Å². The number of hydroxylamine groups is 2. The summed E-state index contributed by atoms with van der Waals surface area (Å²) in [7, 11) is 1.17. The van der Waals surface area contributed by atoms with Gasteiger partial charge in [-0.3, -0.25) is 5.21 Å². The number of hydrogen-bond acceptors (Lipinski definition) is 5. The molecule has 0 spiro atoms. The lowest BCUT2D eigenvalue weighted by molar-refractivity contribution is -0.0946. The third-order valence-electron chi connectivity index (χ3n) is 5.75. The summed E-state index contributed by atoms with van der Waals surface area (Å²) in [5, 5.41) is 18.9. The van der Waals surface area contributed by atoms with Gasteiger partial charge in [-0.2, -0.15) is 5.01 Å². The Morgan fingerprint density at radius 1 is 1.30 bits per heavy atom. The van der Waals surface area contributed by atoms with Gasteiger partial charge in [0.25, 0.3) is 0 Å². The predicted octanol–water partition coefficient (Wildman–Crippen LogP) is 4.34. The lowest BCUT2D eigenvalue weighted by Crippen LogP contribution is -2.49. The summed E-state index contributed by atoms with van der Waals surface area (Å²) in [4.78, 5) is 12.9. The summed E-state index contributed by atoms with van der Waals surface area (Å²) in [6.07, 6.45) is 7.22. The number of nitrogens with zero attached hydrogens (tertiary/aromatic N) is 3. The van der Waals surface area contributed by atoms with Gasteiger partial charge < -0.3 is 10.1 Å². The fourth-order valence-electron chi connectivity index (χ4n) is 4.10. The number of allylic oxidation sites excluding steroid dienone is 1. The molecule has 174 valence electrons. The Morgan fingerprint density at radius 3 is 2.79 bits per heavy atom. The molecule has 1 heterocycles. The van der Waals surface area contributed by atoms with Crippen molar-refractivity contribution in [3.05, 3.63) is 83.4 Å². The summed E-state index contributed by atoms with van der Waals surface area (Å²) in [6.45, 7) is 0.646. The monoisotopic (exact) mass is 456 g/mol. The van der Waals surface area contributed by atoms with E-state index in [0.29, 0.717) is 36.1 Å². The van der Waals surface area contributed by atoms with Gasteiger partial charge in [0.1, 0.15) is 11.6 Å². The zero-order valence-electron chi connectivity index (χ0n) is 18.2. The van der Waals surface area contributed by atoms with E-state index >= 15 is 0 Å². The molecule has 2 aromatic carbocycles. The quantitative estimate of drug-likeness (QED) is 0.281. The molecule has 2 N–H and O–H groups in total. The zero-order chi connectivity index (χ0) is 23.4. The number of halogens is 2. The first-order chi connectivity index (χ1) is 15.9. The van der Waals surface area contributed by atoms with Crippen LogP contribution in [0, 0.1) is 11.6 Å². The molecular weight excluding hydrogens is 430 g/mol. The molecule has 2 amide bonds. The standard InChI is InChI=1S/C24H26F2N4O3/c1-29(32)23(31)30-24(17-8-3-2-4-9-17,14-7-15-27-19-10-5-6-11-19)33-22(28-30)20-16-18(25)12-13-21(20)26/h2-5,8-10,12-13,16,19,27,32H,6-7,11,14-15H2,1H3. The van der Waals surface area contributed by atoms with Gasteiger partial charge in [-0.1, -0.05) is 42.5 Å². The first kappa shape index (κ1) is 22.9. The number of hydrogen-bond donors (Lipinski definition) is 2. The molecule has 1 aliphatic heterocycles. The molecule has 9 heteroatoms. The van der Waals surface area contributed by atoms with E-state index in [9.17, 15) is 18.8 Å². The minimum absolute atomic E-state index is 0.208. The van der Waals surface area contributed by atoms with Crippen molar-refractivity contribution in [3.63, 3.8) is 0 Å². The maximum absolute atomic E-state index is 14.5. The molecule has 4 rings (SSSR count). The first-order valence-corrected chi connectivity index (χ1v) is 10.9. The molecule has 33 heavy (non-hydrogen) atoms. The summed E-state index contributed by atoms with van der Waals surface area (Å²) < 4.78 is 34.6. The number of benzene rings is 2. The topological polar surface area (TPSA) is 77.4 Å². The SMILES string of the molecule is CN(O)C(=O)N1N=C(c2cc(F)ccc2F)OC1(CCCNC1C=CCC1)c1ccccc1. The lowest BCUT2D eigenvalue weighted by Gasteiger charge is -2.36. The highest BCUT2D eigenvalue weighted by Crippen LogP contribution is 2.41. The van der Waals surface area contributed by atoms with Crippen molar-refractivity contribution in [2.45, 2.75) is 37.5 Å². The molecule has 0 aromatic heterocycles. The average molecular weight is 456 g/mol. The minimum atomic E-state index is -1.45. The number of amides is 2. The number of hydrazone groups is 1. The smallest absolute Gasteiger partial charge is 0.367 e. The van der Waals surface area contributed by atoms with E-state index in [0.717, 1.165) is 36.0 Å². The first-order valence-electron chi connectivity index (χ1n) is 10.9. The largest absolute Gasteiger partial charge is 0.443 e. The van der Waals surface area contributed by atoms with Crippen LogP contribution in [0.15, 0.2) is 65.8 Å². The van der Waals surface area contributed by atoms with Crippen molar-refractivity contribution >= 4 is 11.9 Å². The maximum Gasteiger partial charge on any atom is 0.367 e. The van der Waals surface area contributed by atoms with Crippen molar-refractivity contribution in [2.75, 3.05) is 13.6 Å². The summed E-state index contributed by atoms with van der Waals surface area (Å²) in [5.41, 5.74) is -1.06. The van der Waals surface area contributed by atoms with Crippen LogP contribution in [0.3, 0.4) is 0 Å². The second-order valence-corrected chi connectivity index (χ2v) is 8.07. The molecule has 0 saturated heterocycles. The van der Waals surface area contributed by atoms with E-state index in [2.05, 4.69) is 22.6 Å². The van der Waals surface area contributed by atoms with Crippen LogP contribution < -0.4 is 5.32 Å². The molecule has 0 saturated carbocycles. The highest BCUT2D eigenvalue weighted by atomic mass is 19.1. The number of carbonyl (C=O) groups excluding carboxylic acids is 1. The highest BCUT2D eigenvalue weighted by Gasteiger charge is 2.50. The fourth-order valence-corrected chi connectivity index (χ4v) is 4.10. The van der Waals surface area contributed by atoms with E-state index in [-0.39, 0.29) is 11.5 Å². The van der Waals surface area contributed by atoms with E-state index in [1.807, 2.05) is 6.07 Å². The number of carbonyl (C=O) groups is 1. The minimum Gasteiger partial charge on any atom is -0.443 e. The number of ether oxygens (including phenoxy) is 1. The molecule has 2 aromatic rings. The van der Waals surface area contributed by atoms with Crippen molar-refractivity contribution in [1.29, 1.82) is 0 Å². The second kappa shape index (κ2) is 9.68. The summed E-state index contributed by atoms with van der Waals surface area (Å²) >= 11 is 0. The maximum atomic E-state index is 14.5. The third kappa shape index (κ3) is 4.74. The molecule has 2 atom stereocenters. The van der Waals surface area contributed by atoms with Crippen LogP contribution in [0.4, 0.5) is 13.6 Å². The van der Waals surface area contributed by atoms with Gasteiger partial charge in [0.2, 0.25) is 11.6 Å². The molecule has 0 bridgehead atoms. The van der Waals surface area contributed by atoms with Crippen LogP contribution in [0.25, 0.3) is 0 Å². The van der Waals surface area contributed by atoms with Crippen LogP contribution in [-0.2, 0) is 10.5 Å². The zero-order valence-corrected chi connectivity index (χ0v) is 18.2. The third-order valence-corrected chi connectivity index (χ3v) is 5.75. The van der Waals surface area contributed by atoms with Crippen LogP contribution in [0.5, 0.6) is 0 Å². The van der Waals surface area contributed by atoms with Crippen LogP contribution in [-0.4, -0.2) is 46.8 Å². The van der Waals surface area contributed by atoms with Crippen molar-refractivity contribution in [1.82, 2.24) is 15.4 Å². The Labute approximate surface area is 190 Å². The van der Waals surface area contributed by atoms with E-state index in [1.165, 1.54) is 7.05 Å². The predicted molar refractivity (Wildman–Crippen MR) is 118 cm³/mol. The Bertz CT molecular complexity index is 1060. The Morgan fingerprint density at radius 2 is 2.09 bits per heavy atom. The molecule has 0 radical (unpaired) electrons. The van der Waals surface area contributed by atoms with Gasteiger partial charge in [0.15, 0.2) is 0 Å². The van der Waals surface area contributed by atoms with Gasteiger partial charge in [-0.05, 0) is 44.0 Å². The Kier molecular flexibility index (Phi) is 6.71. The molecular formula is C24H26F2N4O3. The summed E-state index contributed by atoms with van der Waals surface area (Å²) in [6, 6.07) is 11.3. The molecule has 7 nitrogen and oxygen atoms in total. The molecule has 0 fully saturated rings. The molecule has 2 unspecified atom stereocenters. The average Bonchev–Trinajstić information content (AvgIpc) is 3.47. The van der Waals surface area contributed by atoms with Crippen LogP contribution >= 0.6 is 0 Å². The normalized spacial score (nSPS) is 21.8. The van der Waals surface area contributed by atoms with E-state index in [1.54, 1.807) is 24.3 Å².